The van der Waals surface area contributed by atoms with Gasteiger partial charge in [-0.2, -0.15) is 0 Å². The minimum Gasteiger partial charge on any atom is -0.482 e. The van der Waals surface area contributed by atoms with Crippen molar-refractivity contribution < 1.29 is 19.4 Å². The van der Waals surface area contributed by atoms with Gasteiger partial charge in [0.1, 0.15) is 11.8 Å². The first kappa shape index (κ1) is 16.3. The van der Waals surface area contributed by atoms with E-state index in [1.807, 2.05) is 6.92 Å². The van der Waals surface area contributed by atoms with Crippen LogP contribution >= 0.6 is 11.6 Å². The van der Waals surface area contributed by atoms with Crippen LogP contribution in [0.25, 0.3) is 0 Å². The lowest BCUT2D eigenvalue weighted by atomic mass is 9.99. The molecule has 0 saturated carbocycles. The van der Waals surface area contributed by atoms with Crippen molar-refractivity contribution in [3.05, 3.63) is 29.3 Å². The van der Waals surface area contributed by atoms with Crippen molar-refractivity contribution in [1.82, 2.24) is 5.32 Å². The lowest BCUT2D eigenvalue weighted by Gasteiger charge is -2.20. The molecule has 1 amide bonds. The Balaban J connectivity index is 2.55. The van der Waals surface area contributed by atoms with Gasteiger partial charge in [-0.1, -0.05) is 44.0 Å². The monoisotopic (exact) mass is 299 g/mol. The number of carbonyl (C=O) groups is 2. The summed E-state index contributed by atoms with van der Waals surface area (Å²) < 4.78 is 5.26. The third-order valence-corrected chi connectivity index (χ3v) is 3.30. The third-order valence-electron chi connectivity index (χ3n) is 2.99. The highest BCUT2D eigenvalue weighted by Crippen LogP contribution is 2.22. The average molecular weight is 300 g/mol. The van der Waals surface area contributed by atoms with E-state index in [1.165, 1.54) is 0 Å². The minimum atomic E-state index is -1.05. The van der Waals surface area contributed by atoms with Crippen LogP contribution in [-0.2, 0) is 9.59 Å². The van der Waals surface area contributed by atoms with E-state index in [4.69, 9.17) is 21.4 Å². The van der Waals surface area contributed by atoms with Crippen molar-refractivity contribution in [2.24, 2.45) is 5.92 Å². The van der Waals surface area contributed by atoms with Crippen LogP contribution in [0.15, 0.2) is 24.3 Å². The predicted octanol–water partition coefficient (Wildman–Crippen LogP) is 2.33. The molecule has 1 rings (SSSR count). The van der Waals surface area contributed by atoms with Gasteiger partial charge in [0, 0.05) is 0 Å². The Hall–Kier alpha value is -1.75. The number of para-hydroxylation sites is 1. The van der Waals surface area contributed by atoms with Crippen LogP contribution in [0.3, 0.4) is 0 Å². The van der Waals surface area contributed by atoms with Crippen LogP contribution in [0.4, 0.5) is 0 Å². The lowest BCUT2D eigenvalue weighted by molar-refractivity contribution is -0.143. The first-order chi connectivity index (χ1) is 9.45. The zero-order valence-electron chi connectivity index (χ0n) is 11.4. The van der Waals surface area contributed by atoms with Crippen LogP contribution < -0.4 is 10.1 Å². The molecule has 20 heavy (non-hydrogen) atoms. The van der Waals surface area contributed by atoms with Crippen LogP contribution in [0.1, 0.15) is 20.3 Å². The molecule has 110 valence electrons. The molecule has 0 aliphatic carbocycles. The SMILES string of the molecule is CCC(C)C(NC(=O)COc1ccccc1Cl)C(=O)O. The maximum absolute atomic E-state index is 11.7. The number of ether oxygens (including phenoxy) is 1. The van der Waals surface area contributed by atoms with Crippen LogP contribution in [0, 0.1) is 5.92 Å². The molecule has 5 nitrogen and oxygen atoms in total. The molecule has 0 aliphatic heterocycles. The predicted molar refractivity (Wildman–Crippen MR) is 76.0 cm³/mol. The van der Waals surface area contributed by atoms with Crippen molar-refractivity contribution >= 4 is 23.5 Å². The number of hydrogen-bond acceptors (Lipinski definition) is 3. The fraction of sp³-hybridized carbons (Fsp3) is 0.429. The fourth-order valence-corrected chi connectivity index (χ4v) is 1.79. The molecule has 6 heteroatoms. The van der Waals surface area contributed by atoms with E-state index >= 15 is 0 Å². The average Bonchev–Trinajstić information content (AvgIpc) is 2.42. The zero-order chi connectivity index (χ0) is 15.1. The van der Waals surface area contributed by atoms with E-state index < -0.39 is 17.9 Å². The van der Waals surface area contributed by atoms with Crippen molar-refractivity contribution in [2.75, 3.05) is 6.61 Å². The number of carbonyl (C=O) groups excluding carboxylic acids is 1. The number of nitrogens with one attached hydrogen (secondary N) is 1. The molecule has 2 N–H and O–H groups in total. The van der Waals surface area contributed by atoms with Crippen molar-refractivity contribution in [3.8, 4) is 5.75 Å². The zero-order valence-corrected chi connectivity index (χ0v) is 12.2. The second-order valence-corrected chi connectivity index (χ2v) is 4.90. The smallest absolute Gasteiger partial charge is 0.326 e. The Morgan fingerprint density at radius 3 is 2.60 bits per heavy atom. The summed E-state index contributed by atoms with van der Waals surface area (Å²) in [6.07, 6.45) is 0.655. The second-order valence-electron chi connectivity index (χ2n) is 4.49. The second kappa shape index (κ2) is 7.75. The summed E-state index contributed by atoms with van der Waals surface area (Å²) in [5, 5.41) is 11.9. The maximum atomic E-state index is 11.7. The normalized spacial score (nSPS) is 13.3. The Bertz CT molecular complexity index is 478. The topological polar surface area (TPSA) is 75.6 Å². The number of rotatable bonds is 7. The number of amides is 1. The molecular formula is C14H18ClNO4. The lowest BCUT2D eigenvalue weighted by Crippen LogP contribution is -2.46. The molecule has 2 atom stereocenters. The van der Waals surface area contributed by atoms with E-state index in [0.29, 0.717) is 17.2 Å². The Morgan fingerprint density at radius 1 is 1.40 bits per heavy atom. The molecule has 1 aromatic carbocycles. The quantitative estimate of drug-likeness (QED) is 0.810. The molecule has 1 aromatic rings. The summed E-state index contributed by atoms with van der Waals surface area (Å²) in [6.45, 7) is 3.37. The number of benzene rings is 1. The van der Waals surface area contributed by atoms with Gasteiger partial charge in [0.2, 0.25) is 0 Å². The van der Waals surface area contributed by atoms with Gasteiger partial charge in [-0.3, -0.25) is 4.79 Å². The molecule has 0 saturated heterocycles. The molecule has 0 aliphatic rings. The van der Waals surface area contributed by atoms with Gasteiger partial charge in [0.05, 0.1) is 5.02 Å². The van der Waals surface area contributed by atoms with Gasteiger partial charge in [-0.25, -0.2) is 4.79 Å². The molecule has 0 radical (unpaired) electrons. The Kier molecular flexibility index (Phi) is 6.31. The first-order valence-electron chi connectivity index (χ1n) is 6.35. The highest BCUT2D eigenvalue weighted by Gasteiger charge is 2.25. The van der Waals surface area contributed by atoms with E-state index in [2.05, 4.69) is 5.32 Å². The van der Waals surface area contributed by atoms with E-state index in [0.717, 1.165) is 0 Å². The highest BCUT2D eigenvalue weighted by atomic mass is 35.5. The number of aliphatic carboxylic acids is 1. The standard InChI is InChI=1S/C14H18ClNO4/c1-3-9(2)13(14(18)19)16-12(17)8-20-11-7-5-4-6-10(11)15/h4-7,9,13H,3,8H2,1-2H3,(H,16,17)(H,18,19). The maximum Gasteiger partial charge on any atom is 0.326 e. The van der Waals surface area contributed by atoms with Gasteiger partial charge in [-0.05, 0) is 18.1 Å². The minimum absolute atomic E-state index is 0.156. The van der Waals surface area contributed by atoms with E-state index in [9.17, 15) is 9.59 Å². The summed E-state index contributed by atoms with van der Waals surface area (Å²) in [6, 6.07) is 5.85. The number of carboxylic acid groups (broad SMARTS) is 1. The molecule has 0 fully saturated rings. The molecule has 0 spiro atoms. The molecule has 0 heterocycles. The van der Waals surface area contributed by atoms with Crippen molar-refractivity contribution in [3.63, 3.8) is 0 Å². The Morgan fingerprint density at radius 2 is 2.05 bits per heavy atom. The van der Waals surface area contributed by atoms with Gasteiger partial charge >= 0.3 is 5.97 Å². The third kappa shape index (κ3) is 4.74. The summed E-state index contributed by atoms with van der Waals surface area (Å²) in [5.74, 6) is -1.31. The Labute approximate surface area is 122 Å². The molecule has 0 aromatic heterocycles. The van der Waals surface area contributed by atoms with Crippen molar-refractivity contribution in [2.45, 2.75) is 26.3 Å². The van der Waals surface area contributed by atoms with E-state index in [1.54, 1.807) is 31.2 Å². The summed E-state index contributed by atoms with van der Waals surface area (Å²) >= 11 is 5.89. The molecule has 0 bridgehead atoms. The number of halogens is 1. The fourth-order valence-electron chi connectivity index (χ4n) is 1.60. The largest absolute Gasteiger partial charge is 0.482 e. The number of carboxylic acids is 1. The van der Waals surface area contributed by atoms with Gasteiger partial charge in [-0.15, -0.1) is 0 Å². The van der Waals surface area contributed by atoms with Gasteiger partial charge in [0.15, 0.2) is 6.61 Å². The highest BCUT2D eigenvalue weighted by molar-refractivity contribution is 6.32. The summed E-state index contributed by atoms with van der Waals surface area (Å²) in [7, 11) is 0. The van der Waals surface area contributed by atoms with Crippen LogP contribution in [0.5, 0.6) is 5.75 Å². The van der Waals surface area contributed by atoms with Gasteiger partial charge in [0.25, 0.3) is 5.91 Å². The molecule has 2 unspecified atom stereocenters. The van der Waals surface area contributed by atoms with Crippen LogP contribution in [-0.4, -0.2) is 29.6 Å². The molecular weight excluding hydrogens is 282 g/mol. The van der Waals surface area contributed by atoms with Crippen molar-refractivity contribution in [1.29, 1.82) is 0 Å². The van der Waals surface area contributed by atoms with E-state index in [-0.39, 0.29) is 12.5 Å². The van der Waals surface area contributed by atoms with Gasteiger partial charge < -0.3 is 15.2 Å². The van der Waals surface area contributed by atoms with Crippen LogP contribution in [0.2, 0.25) is 5.02 Å². The summed E-state index contributed by atoms with van der Waals surface area (Å²) in [5.41, 5.74) is 0. The summed E-state index contributed by atoms with van der Waals surface area (Å²) in [4.78, 5) is 22.8. The number of hydrogen-bond donors (Lipinski definition) is 2. The first-order valence-corrected chi connectivity index (χ1v) is 6.73.